The van der Waals surface area contributed by atoms with E-state index < -0.39 is 11.8 Å². The van der Waals surface area contributed by atoms with Crippen molar-refractivity contribution in [1.82, 2.24) is 10.9 Å². The highest BCUT2D eigenvalue weighted by molar-refractivity contribution is 9.10. The van der Waals surface area contributed by atoms with Crippen molar-refractivity contribution in [2.75, 3.05) is 13.7 Å². The number of hydrazine groups is 1. The zero-order valence-electron chi connectivity index (χ0n) is 16.0. The van der Waals surface area contributed by atoms with E-state index >= 15 is 0 Å². The molecule has 2 aromatic carbocycles. The fourth-order valence-electron chi connectivity index (χ4n) is 2.32. The quantitative estimate of drug-likeness (QED) is 0.500. The molecule has 0 radical (unpaired) electrons. The van der Waals surface area contributed by atoms with E-state index in [4.69, 9.17) is 9.47 Å². The van der Waals surface area contributed by atoms with Gasteiger partial charge >= 0.3 is 0 Å². The number of rotatable bonds is 7. The van der Waals surface area contributed by atoms with Gasteiger partial charge in [-0.15, -0.1) is 0 Å². The minimum absolute atomic E-state index is 0.226. The van der Waals surface area contributed by atoms with Crippen LogP contribution in [0.5, 0.6) is 11.5 Å². The predicted molar refractivity (Wildman–Crippen MR) is 112 cm³/mol. The molecule has 0 saturated heterocycles. The minimum atomic E-state index is -0.473. The van der Waals surface area contributed by atoms with Gasteiger partial charge in [0.2, 0.25) is 0 Å². The van der Waals surface area contributed by atoms with E-state index in [-0.39, 0.29) is 6.61 Å². The maximum Gasteiger partial charge on any atom is 0.276 e. The van der Waals surface area contributed by atoms with Crippen LogP contribution < -0.4 is 20.3 Å². The lowest BCUT2D eigenvalue weighted by atomic mass is 10.0. The number of hydrogen-bond donors (Lipinski definition) is 2. The standard InChI is InChI=1S/C21H23BrN2O4/c1-14(2)16-8-10-19(17(22)12-16)28-13-21(26)24-23-20(25)11-9-15-6-4-5-7-18(15)27-3/h4-12,14H,13H2,1-3H3,(H,23,25)(H,24,26)/b11-9+. The van der Waals surface area contributed by atoms with Gasteiger partial charge in [-0.1, -0.05) is 38.1 Å². The van der Waals surface area contributed by atoms with Gasteiger partial charge in [0.25, 0.3) is 11.8 Å². The molecule has 0 heterocycles. The number of halogens is 1. The number of benzene rings is 2. The number of carbonyl (C=O) groups is 2. The highest BCUT2D eigenvalue weighted by atomic mass is 79.9. The molecule has 148 valence electrons. The van der Waals surface area contributed by atoms with Gasteiger partial charge in [0, 0.05) is 11.6 Å². The molecular formula is C21H23BrN2O4. The van der Waals surface area contributed by atoms with Gasteiger partial charge in [-0.3, -0.25) is 20.4 Å². The number of methoxy groups -OCH3 is 1. The zero-order valence-corrected chi connectivity index (χ0v) is 17.6. The molecular weight excluding hydrogens is 424 g/mol. The smallest absolute Gasteiger partial charge is 0.276 e. The van der Waals surface area contributed by atoms with Crippen molar-refractivity contribution in [3.63, 3.8) is 0 Å². The third kappa shape index (κ3) is 6.42. The lowest BCUT2D eigenvalue weighted by Gasteiger charge is -2.11. The Morgan fingerprint density at radius 2 is 1.86 bits per heavy atom. The Labute approximate surface area is 173 Å². The topological polar surface area (TPSA) is 76.7 Å². The van der Waals surface area contributed by atoms with Crippen molar-refractivity contribution in [2.45, 2.75) is 19.8 Å². The molecule has 0 aromatic heterocycles. The molecule has 0 aliphatic rings. The summed E-state index contributed by atoms with van der Waals surface area (Å²) >= 11 is 3.44. The van der Waals surface area contributed by atoms with Crippen molar-refractivity contribution in [3.8, 4) is 11.5 Å². The van der Waals surface area contributed by atoms with E-state index in [9.17, 15) is 9.59 Å². The lowest BCUT2D eigenvalue weighted by Crippen LogP contribution is -2.43. The Bertz CT molecular complexity index is 865. The summed E-state index contributed by atoms with van der Waals surface area (Å²) in [5.41, 5.74) is 6.53. The molecule has 0 atom stereocenters. The summed E-state index contributed by atoms with van der Waals surface area (Å²) in [6, 6.07) is 13.0. The van der Waals surface area contributed by atoms with Crippen molar-refractivity contribution in [1.29, 1.82) is 0 Å². The molecule has 2 N–H and O–H groups in total. The molecule has 2 amide bonds. The van der Waals surface area contributed by atoms with Crippen molar-refractivity contribution in [2.24, 2.45) is 0 Å². The van der Waals surface area contributed by atoms with Gasteiger partial charge in [-0.2, -0.15) is 0 Å². The predicted octanol–water partition coefficient (Wildman–Crippen LogP) is 3.82. The van der Waals surface area contributed by atoms with Gasteiger partial charge in [-0.05, 0) is 51.7 Å². The van der Waals surface area contributed by atoms with Gasteiger partial charge < -0.3 is 9.47 Å². The molecule has 6 nitrogen and oxygen atoms in total. The van der Waals surface area contributed by atoms with Gasteiger partial charge in [0.15, 0.2) is 6.61 Å². The largest absolute Gasteiger partial charge is 0.496 e. The Hall–Kier alpha value is -2.80. The summed E-state index contributed by atoms with van der Waals surface area (Å²) < 4.78 is 11.5. The Morgan fingerprint density at radius 1 is 1.11 bits per heavy atom. The second-order valence-corrected chi connectivity index (χ2v) is 7.10. The van der Waals surface area contributed by atoms with Gasteiger partial charge in [0.05, 0.1) is 11.6 Å². The van der Waals surface area contributed by atoms with Crippen LogP contribution in [0.15, 0.2) is 53.0 Å². The fraction of sp³-hybridized carbons (Fsp3) is 0.238. The molecule has 0 fully saturated rings. The first-order valence-corrected chi connectivity index (χ1v) is 9.52. The third-order valence-electron chi connectivity index (χ3n) is 3.86. The Balaban J connectivity index is 1.80. The van der Waals surface area contributed by atoms with E-state index in [1.165, 1.54) is 6.08 Å². The number of amides is 2. The first-order chi connectivity index (χ1) is 13.4. The van der Waals surface area contributed by atoms with Crippen molar-refractivity contribution < 1.29 is 19.1 Å². The SMILES string of the molecule is COc1ccccc1/C=C/C(=O)NNC(=O)COc1ccc(C(C)C)cc1Br. The maximum absolute atomic E-state index is 11.9. The van der Waals surface area contributed by atoms with Crippen LogP contribution in [0.2, 0.25) is 0 Å². The minimum Gasteiger partial charge on any atom is -0.496 e. The number of para-hydroxylation sites is 1. The molecule has 0 unspecified atom stereocenters. The number of ether oxygens (including phenoxy) is 2. The van der Waals surface area contributed by atoms with E-state index in [2.05, 4.69) is 40.6 Å². The normalized spacial score (nSPS) is 10.8. The molecule has 28 heavy (non-hydrogen) atoms. The van der Waals surface area contributed by atoms with Crippen LogP contribution in [0, 0.1) is 0 Å². The molecule has 0 aliphatic heterocycles. The van der Waals surface area contributed by atoms with Crippen LogP contribution in [0.3, 0.4) is 0 Å². The van der Waals surface area contributed by atoms with Gasteiger partial charge in [0.1, 0.15) is 11.5 Å². The van der Waals surface area contributed by atoms with E-state index in [1.54, 1.807) is 25.3 Å². The van der Waals surface area contributed by atoms with Crippen LogP contribution in [-0.2, 0) is 9.59 Å². The first kappa shape index (κ1) is 21.5. The second kappa shape index (κ2) is 10.5. The highest BCUT2D eigenvalue weighted by Gasteiger charge is 2.08. The molecule has 2 aromatic rings. The second-order valence-electron chi connectivity index (χ2n) is 6.25. The maximum atomic E-state index is 11.9. The highest BCUT2D eigenvalue weighted by Crippen LogP contribution is 2.28. The van der Waals surface area contributed by atoms with Crippen LogP contribution >= 0.6 is 15.9 Å². The number of hydrogen-bond acceptors (Lipinski definition) is 4. The molecule has 7 heteroatoms. The summed E-state index contributed by atoms with van der Waals surface area (Å²) in [4.78, 5) is 23.7. The third-order valence-corrected chi connectivity index (χ3v) is 4.48. The summed E-state index contributed by atoms with van der Waals surface area (Å²) in [6.45, 7) is 3.97. The van der Waals surface area contributed by atoms with E-state index in [0.717, 1.165) is 15.6 Å². The fourth-order valence-corrected chi connectivity index (χ4v) is 2.83. The van der Waals surface area contributed by atoms with E-state index in [1.807, 2.05) is 30.3 Å². The summed E-state index contributed by atoms with van der Waals surface area (Å²) in [5, 5.41) is 0. The van der Waals surface area contributed by atoms with Crippen LogP contribution in [-0.4, -0.2) is 25.5 Å². The zero-order chi connectivity index (χ0) is 20.5. The molecule has 0 aliphatic carbocycles. The molecule has 0 spiro atoms. The number of carbonyl (C=O) groups excluding carboxylic acids is 2. The lowest BCUT2D eigenvalue weighted by molar-refractivity contribution is -0.128. The Morgan fingerprint density at radius 3 is 2.54 bits per heavy atom. The van der Waals surface area contributed by atoms with E-state index in [0.29, 0.717) is 17.4 Å². The van der Waals surface area contributed by atoms with Crippen LogP contribution in [0.25, 0.3) is 6.08 Å². The summed E-state index contributed by atoms with van der Waals surface area (Å²) in [6.07, 6.45) is 2.91. The van der Waals surface area contributed by atoms with Crippen LogP contribution in [0.1, 0.15) is 30.9 Å². The molecule has 0 saturated carbocycles. The Kier molecular flexibility index (Phi) is 8.07. The monoisotopic (exact) mass is 446 g/mol. The average Bonchev–Trinajstić information content (AvgIpc) is 2.69. The number of nitrogens with one attached hydrogen (secondary N) is 2. The summed E-state index contributed by atoms with van der Waals surface area (Å²) in [7, 11) is 1.56. The summed E-state index contributed by atoms with van der Waals surface area (Å²) in [5.74, 6) is 0.661. The average molecular weight is 447 g/mol. The van der Waals surface area contributed by atoms with Crippen molar-refractivity contribution in [3.05, 3.63) is 64.1 Å². The first-order valence-electron chi connectivity index (χ1n) is 8.73. The molecule has 0 bridgehead atoms. The molecule has 2 rings (SSSR count). The van der Waals surface area contributed by atoms with Gasteiger partial charge in [-0.25, -0.2) is 0 Å². The van der Waals surface area contributed by atoms with Crippen molar-refractivity contribution >= 4 is 33.8 Å². The van der Waals surface area contributed by atoms with Crippen LogP contribution in [0.4, 0.5) is 0 Å².